The highest BCUT2D eigenvalue weighted by atomic mass is 14.8. The van der Waals surface area contributed by atoms with Gasteiger partial charge in [0, 0.05) is 27.4 Å². The average Bonchev–Trinajstić information content (AvgIpc) is 3.51. The highest BCUT2D eigenvalue weighted by molar-refractivity contribution is 6.08. The first-order chi connectivity index (χ1) is 21.5. The van der Waals surface area contributed by atoms with Gasteiger partial charge in [0.1, 0.15) is 0 Å². The molecule has 5 aromatic carbocycles. The predicted molar refractivity (Wildman–Crippen MR) is 186 cm³/mol. The summed E-state index contributed by atoms with van der Waals surface area (Å²) < 4.78 is 0. The van der Waals surface area contributed by atoms with Crippen LogP contribution in [0.25, 0.3) is 60.3 Å². The second-order valence-electron chi connectivity index (χ2n) is 14.7. The smallest absolute Gasteiger partial charge is 0.195 e. The largest absolute Gasteiger partial charge is 0.251 e. The van der Waals surface area contributed by atoms with Crippen LogP contribution in [-0.2, 0) is 16.2 Å². The Labute approximate surface area is 265 Å². The standard InChI is InChI=1S/C43H34N2/c1-41(2)32-19-25(24-13-9-8-10-14-24)17-18-26(32)29-20-34-30(21-33(29)41)39-36(42(34,3)4)22-31-38-28-16-12-11-15-27(28)37(44-7)23-35(38)43(5,6)40(31)45-39/h8-23H,1-6H3. The van der Waals surface area contributed by atoms with Gasteiger partial charge in [-0.05, 0) is 90.7 Å². The molecule has 3 aliphatic rings. The van der Waals surface area contributed by atoms with Crippen molar-refractivity contribution >= 4 is 16.5 Å². The third-order valence-electron chi connectivity index (χ3n) is 11.2. The molecule has 216 valence electrons. The van der Waals surface area contributed by atoms with E-state index < -0.39 is 0 Å². The maximum Gasteiger partial charge on any atom is 0.195 e. The van der Waals surface area contributed by atoms with Crippen molar-refractivity contribution in [3.05, 3.63) is 142 Å². The summed E-state index contributed by atoms with van der Waals surface area (Å²) in [6, 6.07) is 35.6. The monoisotopic (exact) mass is 578 g/mol. The summed E-state index contributed by atoms with van der Waals surface area (Å²) in [4.78, 5) is 9.54. The maximum atomic E-state index is 7.93. The first kappa shape index (κ1) is 26.4. The Kier molecular flexibility index (Phi) is 4.91. The van der Waals surface area contributed by atoms with Gasteiger partial charge < -0.3 is 0 Å². The molecule has 0 spiro atoms. The Morgan fingerprint density at radius 2 is 1.13 bits per heavy atom. The highest BCUT2D eigenvalue weighted by Crippen LogP contribution is 2.59. The average molecular weight is 579 g/mol. The zero-order valence-electron chi connectivity index (χ0n) is 26.6. The molecule has 0 aliphatic heterocycles. The van der Waals surface area contributed by atoms with E-state index in [1.807, 2.05) is 6.07 Å². The molecule has 0 atom stereocenters. The van der Waals surface area contributed by atoms with Gasteiger partial charge in [-0.3, -0.25) is 4.98 Å². The van der Waals surface area contributed by atoms with Crippen LogP contribution in [0.2, 0.25) is 0 Å². The summed E-state index contributed by atoms with van der Waals surface area (Å²) in [5.74, 6) is 0. The molecule has 0 fully saturated rings. The van der Waals surface area contributed by atoms with Crippen molar-refractivity contribution in [3.8, 4) is 44.6 Å². The van der Waals surface area contributed by atoms with E-state index in [0.717, 1.165) is 27.8 Å². The minimum absolute atomic E-state index is 0.126. The zero-order valence-corrected chi connectivity index (χ0v) is 26.6. The van der Waals surface area contributed by atoms with E-state index in [-0.39, 0.29) is 16.2 Å². The van der Waals surface area contributed by atoms with E-state index in [0.29, 0.717) is 0 Å². The quantitative estimate of drug-likeness (QED) is 0.177. The minimum Gasteiger partial charge on any atom is -0.251 e. The topological polar surface area (TPSA) is 17.2 Å². The molecule has 3 aliphatic carbocycles. The van der Waals surface area contributed by atoms with Gasteiger partial charge in [-0.1, -0.05) is 114 Å². The number of hydrogen-bond acceptors (Lipinski definition) is 1. The van der Waals surface area contributed by atoms with Gasteiger partial charge >= 0.3 is 0 Å². The molecular formula is C43H34N2. The SMILES string of the molecule is [C-]#[N+]c1cc2c(c3ccccc13)-c1cc3c(nc1C2(C)C)-c1cc2c(cc1C3(C)C)-c1ccc(-c3ccccc3)cc1C2(C)C. The van der Waals surface area contributed by atoms with Crippen molar-refractivity contribution in [2.75, 3.05) is 0 Å². The predicted octanol–water partition coefficient (Wildman–Crippen LogP) is 11.4. The van der Waals surface area contributed by atoms with Crippen molar-refractivity contribution in [3.63, 3.8) is 0 Å². The third-order valence-corrected chi connectivity index (χ3v) is 11.2. The summed E-state index contributed by atoms with van der Waals surface area (Å²) in [7, 11) is 0. The summed E-state index contributed by atoms with van der Waals surface area (Å²) in [6.45, 7) is 21.9. The van der Waals surface area contributed by atoms with Gasteiger partial charge in [-0.25, -0.2) is 4.85 Å². The fourth-order valence-electron chi connectivity index (χ4n) is 8.67. The molecule has 0 amide bonds. The van der Waals surface area contributed by atoms with Crippen LogP contribution < -0.4 is 0 Å². The van der Waals surface area contributed by atoms with Gasteiger partial charge in [0.05, 0.1) is 18.0 Å². The number of benzene rings is 5. The van der Waals surface area contributed by atoms with Crippen LogP contribution in [0.15, 0.2) is 97.1 Å². The fourth-order valence-corrected chi connectivity index (χ4v) is 8.67. The molecule has 2 heteroatoms. The van der Waals surface area contributed by atoms with Crippen molar-refractivity contribution in [2.45, 2.75) is 57.8 Å². The lowest BCUT2D eigenvalue weighted by molar-refractivity contribution is 0.632. The lowest BCUT2D eigenvalue weighted by atomic mass is 9.79. The number of fused-ring (bicyclic) bond motifs is 11. The maximum absolute atomic E-state index is 7.93. The van der Waals surface area contributed by atoms with Gasteiger partial charge in [-0.2, -0.15) is 0 Å². The molecule has 0 radical (unpaired) electrons. The molecule has 1 aromatic heterocycles. The van der Waals surface area contributed by atoms with Crippen LogP contribution in [0.3, 0.4) is 0 Å². The first-order valence-corrected chi connectivity index (χ1v) is 15.9. The lowest BCUT2D eigenvalue weighted by Crippen LogP contribution is -2.18. The van der Waals surface area contributed by atoms with Crippen molar-refractivity contribution < 1.29 is 0 Å². The highest BCUT2D eigenvalue weighted by Gasteiger charge is 2.46. The molecule has 1 heterocycles. The molecular weight excluding hydrogens is 544 g/mol. The van der Waals surface area contributed by atoms with E-state index in [1.54, 1.807) is 0 Å². The molecule has 2 nitrogen and oxygen atoms in total. The van der Waals surface area contributed by atoms with E-state index in [1.165, 1.54) is 66.8 Å². The third kappa shape index (κ3) is 3.21. The second kappa shape index (κ2) is 8.38. The van der Waals surface area contributed by atoms with E-state index in [4.69, 9.17) is 11.6 Å². The Morgan fingerprint density at radius 1 is 0.511 bits per heavy atom. The van der Waals surface area contributed by atoms with Crippen LogP contribution in [0.1, 0.15) is 75.1 Å². The molecule has 0 saturated carbocycles. The van der Waals surface area contributed by atoms with Crippen LogP contribution >= 0.6 is 0 Å². The second-order valence-corrected chi connectivity index (χ2v) is 14.7. The summed E-state index contributed by atoms with van der Waals surface area (Å²) >= 11 is 0. The number of aromatic nitrogens is 1. The first-order valence-electron chi connectivity index (χ1n) is 15.9. The van der Waals surface area contributed by atoms with E-state index in [9.17, 15) is 0 Å². The van der Waals surface area contributed by atoms with Crippen LogP contribution in [0, 0.1) is 6.57 Å². The molecule has 0 N–H and O–H groups in total. The number of pyridine rings is 1. The van der Waals surface area contributed by atoms with Crippen molar-refractivity contribution in [1.29, 1.82) is 0 Å². The number of hydrogen-bond donors (Lipinski definition) is 0. The summed E-state index contributed by atoms with van der Waals surface area (Å²) in [5.41, 5.74) is 17.9. The molecule has 0 bridgehead atoms. The van der Waals surface area contributed by atoms with Crippen LogP contribution in [-0.4, -0.2) is 4.98 Å². The van der Waals surface area contributed by atoms with Crippen LogP contribution in [0.4, 0.5) is 5.69 Å². The van der Waals surface area contributed by atoms with E-state index >= 15 is 0 Å². The Morgan fingerprint density at radius 3 is 1.89 bits per heavy atom. The van der Waals surface area contributed by atoms with Crippen molar-refractivity contribution in [1.82, 2.24) is 4.98 Å². The summed E-state index contributed by atoms with van der Waals surface area (Å²) in [6.07, 6.45) is 0. The molecule has 9 rings (SSSR count). The van der Waals surface area contributed by atoms with Gasteiger partial charge in [0.25, 0.3) is 0 Å². The minimum atomic E-state index is -0.309. The molecule has 6 aromatic rings. The zero-order chi connectivity index (χ0) is 31.0. The normalized spacial score (nSPS) is 16.7. The Hall–Kier alpha value is -5.00. The lowest BCUT2D eigenvalue weighted by Gasteiger charge is -2.24. The molecule has 0 saturated heterocycles. The van der Waals surface area contributed by atoms with Gasteiger partial charge in [0.15, 0.2) is 5.69 Å². The number of rotatable bonds is 1. The molecule has 0 unspecified atom stereocenters. The van der Waals surface area contributed by atoms with Crippen LogP contribution in [0.5, 0.6) is 0 Å². The molecule has 45 heavy (non-hydrogen) atoms. The van der Waals surface area contributed by atoms with E-state index in [2.05, 4.69) is 137 Å². The van der Waals surface area contributed by atoms with Gasteiger partial charge in [0.2, 0.25) is 0 Å². The Balaban J connectivity index is 1.26. The van der Waals surface area contributed by atoms with Crippen molar-refractivity contribution in [2.24, 2.45) is 0 Å². The fraction of sp³-hybridized carbons (Fsp3) is 0.209. The Bertz CT molecular complexity index is 2350. The summed E-state index contributed by atoms with van der Waals surface area (Å²) in [5, 5.41) is 2.17. The van der Waals surface area contributed by atoms with Gasteiger partial charge in [-0.15, -0.1) is 0 Å². The number of nitrogens with zero attached hydrogens (tertiary/aromatic N) is 2.